The number of aryl methyl sites for hydroxylation is 1. The van der Waals surface area contributed by atoms with Crippen LogP contribution < -0.4 is 16.0 Å². The normalized spacial score (nSPS) is 13.3. The lowest BCUT2D eigenvalue weighted by Gasteiger charge is -2.18. The van der Waals surface area contributed by atoms with Crippen molar-refractivity contribution < 1.29 is 9.59 Å². The van der Waals surface area contributed by atoms with Crippen LogP contribution in [0.2, 0.25) is 10.0 Å². The highest BCUT2D eigenvalue weighted by molar-refractivity contribution is 6.36. The van der Waals surface area contributed by atoms with Gasteiger partial charge >= 0.3 is 6.03 Å². The maximum absolute atomic E-state index is 12.7. The highest BCUT2D eigenvalue weighted by Crippen LogP contribution is 2.30. The minimum atomic E-state index is -0.457. The lowest BCUT2D eigenvalue weighted by molar-refractivity contribution is -0.116. The predicted octanol–water partition coefficient (Wildman–Crippen LogP) is 6.01. The van der Waals surface area contributed by atoms with Crippen LogP contribution in [0.4, 0.5) is 22.0 Å². The summed E-state index contributed by atoms with van der Waals surface area (Å²) in [5, 5.41) is 14.1. The summed E-state index contributed by atoms with van der Waals surface area (Å²) < 4.78 is 1.69. The summed E-state index contributed by atoms with van der Waals surface area (Å²) in [6.07, 6.45) is 1.10. The molecule has 2 heterocycles. The molecule has 1 aromatic heterocycles. The van der Waals surface area contributed by atoms with Crippen molar-refractivity contribution in [1.29, 1.82) is 0 Å². The van der Waals surface area contributed by atoms with Crippen molar-refractivity contribution in [1.82, 2.24) is 9.78 Å². The molecule has 0 saturated heterocycles. The summed E-state index contributed by atoms with van der Waals surface area (Å²) in [7, 11) is 0. The molecule has 3 amide bonds. The van der Waals surface area contributed by atoms with E-state index in [9.17, 15) is 9.59 Å². The van der Waals surface area contributed by atoms with Crippen molar-refractivity contribution in [3.05, 3.63) is 63.8 Å². The summed E-state index contributed by atoms with van der Waals surface area (Å²) in [4.78, 5) is 24.4. The van der Waals surface area contributed by atoms with Crippen LogP contribution in [0.15, 0.2) is 42.5 Å². The molecule has 0 unspecified atom stereocenters. The summed E-state index contributed by atoms with van der Waals surface area (Å²) in [6, 6.07) is 11.9. The molecule has 3 aromatic rings. The average Bonchev–Trinajstić information content (AvgIpc) is 3.14. The van der Waals surface area contributed by atoms with Gasteiger partial charge in [0.1, 0.15) is 5.82 Å². The molecule has 0 bridgehead atoms. The Labute approximate surface area is 196 Å². The molecule has 0 atom stereocenters. The highest BCUT2D eigenvalue weighted by atomic mass is 35.5. The lowest BCUT2D eigenvalue weighted by atomic mass is 9.92. The average molecular weight is 472 g/mol. The Morgan fingerprint density at radius 2 is 1.84 bits per heavy atom. The van der Waals surface area contributed by atoms with Gasteiger partial charge in [-0.05, 0) is 48.4 Å². The minimum absolute atomic E-state index is 0.0132. The van der Waals surface area contributed by atoms with Gasteiger partial charge in [0, 0.05) is 28.6 Å². The van der Waals surface area contributed by atoms with Crippen LogP contribution in [0.25, 0.3) is 5.69 Å². The number of benzene rings is 2. The van der Waals surface area contributed by atoms with Gasteiger partial charge in [-0.2, -0.15) is 5.10 Å². The third-order valence-corrected chi connectivity index (χ3v) is 5.68. The topological polar surface area (TPSA) is 88.0 Å². The van der Waals surface area contributed by atoms with Gasteiger partial charge < -0.3 is 10.6 Å². The van der Waals surface area contributed by atoms with E-state index in [1.165, 1.54) is 0 Å². The molecule has 7 nitrogen and oxygen atoms in total. The quantitative estimate of drug-likeness (QED) is 0.437. The second kappa shape index (κ2) is 8.48. The van der Waals surface area contributed by atoms with Crippen LogP contribution in [-0.4, -0.2) is 21.7 Å². The van der Waals surface area contributed by atoms with Gasteiger partial charge in [-0.15, -0.1) is 0 Å². The molecule has 4 rings (SSSR count). The molecule has 32 heavy (non-hydrogen) atoms. The highest BCUT2D eigenvalue weighted by Gasteiger charge is 2.23. The Bertz CT molecular complexity index is 1210. The van der Waals surface area contributed by atoms with Gasteiger partial charge in [-0.25, -0.2) is 9.48 Å². The number of nitrogens with zero attached hydrogens (tertiary/aromatic N) is 2. The van der Waals surface area contributed by atoms with E-state index in [-0.39, 0.29) is 11.3 Å². The Kier molecular flexibility index (Phi) is 5.88. The summed E-state index contributed by atoms with van der Waals surface area (Å²) in [5.74, 6) is 0.525. The largest absolute Gasteiger partial charge is 0.326 e. The van der Waals surface area contributed by atoms with Crippen LogP contribution in [0.3, 0.4) is 0 Å². The smallest absolute Gasteiger partial charge is 0.324 e. The SMILES string of the molecule is CC(C)(C)c1cc(NC(=O)Nc2ccc(Cl)cc2Cl)n(-c2ccc3c(c2)CCC(=O)N3)n1. The number of hydrogen-bond donors (Lipinski definition) is 3. The Balaban J connectivity index is 1.65. The number of halogens is 2. The van der Waals surface area contributed by atoms with E-state index in [0.717, 1.165) is 22.6 Å². The van der Waals surface area contributed by atoms with E-state index in [0.29, 0.717) is 34.4 Å². The zero-order valence-electron chi connectivity index (χ0n) is 17.9. The van der Waals surface area contributed by atoms with E-state index in [2.05, 4.69) is 36.7 Å². The van der Waals surface area contributed by atoms with Gasteiger partial charge in [0.25, 0.3) is 0 Å². The van der Waals surface area contributed by atoms with Gasteiger partial charge in [0.05, 0.1) is 22.1 Å². The van der Waals surface area contributed by atoms with E-state index in [1.54, 1.807) is 22.9 Å². The first-order valence-corrected chi connectivity index (χ1v) is 10.9. The first-order chi connectivity index (χ1) is 15.1. The lowest BCUT2D eigenvalue weighted by Crippen LogP contribution is -2.22. The number of aromatic nitrogens is 2. The number of rotatable bonds is 3. The molecule has 2 aromatic carbocycles. The van der Waals surface area contributed by atoms with Crippen LogP contribution in [0, 0.1) is 0 Å². The van der Waals surface area contributed by atoms with Crippen molar-refractivity contribution in [2.75, 3.05) is 16.0 Å². The molecular weight excluding hydrogens is 449 g/mol. The molecule has 1 aliphatic heterocycles. The van der Waals surface area contributed by atoms with Crippen LogP contribution in [-0.2, 0) is 16.6 Å². The standard InChI is InChI=1S/C23H23Cl2N5O2/c1-23(2,3)19-12-20(28-22(32)27-18-7-5-14(24)11-16(18)25)30(29-19)15-6-8-17-13(10-15)4-9-21(31)26-17/h5-8,10-12H,4,9H2,1-3H3,(H,26,31)(H2,27,28,32). The fourth-order valence-corrected chi connectivity index (χ4v) is 3.85. The van der Waals surface area contributed by atoms with E-state index in [1.807, 2.05) is 24.3 Å². The van der Waals surface area contributed by atoms with Crippen molar-refractivity contribution in [2.45, 2.75) is 39.0 Å². The number of fused-ring (bicyclic) bond motifs is 1. The fraction of sp³-hybridized carbons (Fsp3) is 0.261. The number of urea groups is 1. The van der Waals surface area contributed by atoms with E-state index >= 15 is 0 Å². The number of carbonyl (C=O) groups is 2. The molecule has 3 N–H and O–H groups in total. The third-order valence-electron chi connectivity index (χ3n) is 5.13. The van der Waals surface area contributed by atoms with Gasteiger partial charge in [0.15, 0.2) is 0 Å². The Morgan fingerprint density at radius 1 is 1.06 bits per heavy atom. The third kappa shape index (κ3) is 4.74. The van der Waals surface area contributed by atoms with Crippen LogP contribution in [0.1, 0.15) is 38.4 Å². The number of anilines is 3. The number of carbonyl (C=O) groups excluding carboxylic acids is 2. The zero-order chi connectivity index (χ0) is 23.0. The van der Waals surface area contributed by atoms with Gasteiger partial charge in [-0.3, -0.25) is 10.1 Å². The minimum Gasteiger partial charge on any atom is -0.326 e. The van der Waals surface area contributed by atoms with E-state index < -0.39 is 6.03 Å². The second-order valence-electron chi connectivity index (χ2n) is 8.67. The number of hydrogen-bond acceptors (Lipinski definition) is 3. The predicted molar refractivity (Wildman–Crippen MR) is 128 cm³/mol. The zero-order valence-corrected chi connectivity index (χ0v) is 19.4. The molecule has 166 valence electrons. The number of amides is 3. The van der Waals surface area contributed by atoms with Crippen LogP contribution >= 0.6 is 23.2 Å². The second-order valence-corrected chi connectivity index (χ2v) is 9.51. The number of nitrogens with one attached hydrogen (secondary N) is 3. The van der Waals surface area contributed by atoms with Gasteiger partial charge in [-0.1, -0.05) is 44.0 Å². The van der Waals surface area contributed by atoms with Crippen molar-refractivity contribution in [3.8, 4) is 5.69 Å². The first-order valence-electron chi connectivity index (χ1n) is 10.2. The molecule has 0 fully saturated rings. The van der Waals surface area contributed by atoms with Gasteiger partial charge in [0.2, 0.25) is 5.91 Å². The maximum atomic E-state index is 12.7. The molecular formula is C23H23Cl2N5O2. The van der Waals surface area contributed by atoms with Crippen LogP contribution in [0.5, 0.6) is 0 Å². The van der Waals surface area contributed by atoms with E-state index in [4.69, 9.17) is 28.3 Å². The Morgan fingerprint density at radius 3 is 2.56 bits per heavy atom. The fourth-order valence-electron chi connectivity index (χ4n) is 3.40. The molecule has 0 aliphatic carbocycles. The molecule has 9 heteroatoms. The molecule has 0 saturated carbocycles. The monoisotopic (exact) mass is 471 g/mol. The van der Waals surface area contributed by atoms with Crippen molar-refractivity contribution >= 4 is 52.3 Å². The first kappa shape index (κ1) is 22.2. The van der Waals surface area contributed by atoms with Crippen molar-refractivity contribution in [2.24, 2.45) is 0 Å². The van der Waals surface area contributed by atoms with Crippen molar-refractivity contribution in [3.63, 3.8) is 0 Å². The molecule has 0 spiro atoms. The maximum Gasteiger partial charge on any atom is 0.324 e. The summed E-state index contributed by atoms with van der Waals surface area (Å²) >= 11 is 12.1. The summed E-state index contributed by atoms with van der Waals surface area (Å²) in [6.45, 7) is 6.16. The Hall–Kier alpha value is -3.03. The summed E-state index contributed by atoms with van der Waals surface area (Å²) in [5.41, 5.74) is 3.66. The molecule has 1 aliphatic rings. The molecule has 0 radical (unpaired) electrons.